The number of nitrogens with zero attached hydrogens (tertiary/aromatic N) is 1. The van der Waals surface area contributed by atoms with E-state index in [0.717, 1.165) is 4.48 Å². The van der Waals surface area contributed by atoms with Crippen LogP contribution in [0.3, 0.4) is 0 Å². The third kappa shape index (κ3) is 5.85. The third-order valence-electron chi connectivity index (χ3n) is 1.12. The molecule has 0 atom stereocenters. The first kappa shape index (κ1) is 20.6. The Bertz CT molecular complexity index is 256. The maximum absolute atomic E-state index is 11.7. The molecular formula is C8H12F9NO. The van der Waals surface area contributed by atoms with E-state index in [1.807, 2.05) is 0 Å². The van der Waals surface area contributed by atoms with Crippen LogP contribution in [0.4, 0.5) is 39.5 Å². The molecule has 2 nitrogen and oxygen atoms in total. The molecule has 0 radical (unpaired) electrons. The maximum Gasteiger partial charge on any atom is 0.460 e. The SMILES string of the molecule is C[N+](C)(C)C.[O-]C(F)(F)C(F)(F)C(F)(F)C(F)(F)F. The van der Waals surface area contributed by atoms with Gasteiger partial charge in [-0.2, -0.15) is 30.7 Å². The van der Waals surface area contributed by atoms with E-state index in [0.29, 0.717) is 0 Å². The summed E-state index contributed by atoms with van der Waals surface area (Å²) >= 11 is 0. The van der Waals surface area contributed by atoms with E-state index in [1.165, 1.54) is 0 Å². The topological polar surface area (TPSA) is 23.1 Å². The van der Waals surface area contributed by atoms with Crippen molar-refractivity contribution in [1.29, 1.82) is 0 Å². The molecule has 0 aromatic heterocycles. The van der Waals surface area contributed by atoms with Gasteiger partial charge in [0.05, 0.1) is 28.2 Å². The van der Waals surface area contributed by atoms with Crippen molar-refractivity contribution in [3.63, 3.8) is 0 Å². The second-order valence-corrected chi connectivity index (χ2v) is 4.85. The second kappa shape index (κ2) is 5.35. The van der Waals surface area contributed by atoms with Gasteiger partial charge in [-0.05, 0) is 0 Å². The first-order valence-electron chi connectivity index (χ1n) is 4.44. The van der Waals surface area contributed by atoms with Crippen molar-refractivity contribution in [1.82, 2.24) is 0 Å². The molecule has 0 spiro atoms. The van der Waals surface area contributed by atoms with Gasteiger partial charge < -0.3 is 9.59 Å². The largest absolute Gasteiger partial charge is 0.793 e. The zero-order valence-corrected chi connectivity index (χ0v) is 10.3. The van der Waals surface area contributed by atoms with Gasteiger partial charge >= 0.3 is 18.0 Å². The van der Waals surface area contributed by atoms with E-state index in [1.54, 1.807) is 0 Å². The smallest absolute Gasteiger partial charge is 0.460 e. The van der Waals surface area contributed by atoms with Gasteiger partial charge in [0.25, 0.3) is 6.11 Å². The molecule has 0 aromatic carbocycles. The van der Waals surface area contributed by atoms with Crippen molar-refractivity contribution in [2.24, 2.45) is 0 Å². The molecule has 0 amide bonds. The molecule has 0 saturated carbocycles. The van der Waals surface area contributed by atoms with Crippen LogP contribution in [0.15, 0.2) is 0 Å². The summed E-state index contributed by atoms with van der Waals surface area (Å²) in [5, 5.41) is 9.16. The molecule has 0 unspecified atom stereocenters. The highest BCUT2D eigenvalue weighted by Crippen LogP contribution is 2.51. The average Bonchev–Trinajstić information content (AvgIpc) is 1.95. The lowest BCUT2D eigenvalue weighted by Crippen LogP contribution is -2.65. The molecule has 0 bridgehead atoms. The predicted molar refractivity (Wildman–Crippen MR) is 44.9 cm³/mol. The lowest BCUT2D eigenvalue weighted by Gasteiger charge is -2.36. The van der Waals surface area contributed by atoms with Gasteiger partial charge in [-0.1, -0.05) is 0 Å². The average molecular weight is 309 g/mol. The molecule has 0 rings (SSSR count). The highest BCUT2D eigenvalue weighted by molar-refractivity contribution is 4.95. The molecule has 0 aliphatic heterocycles. The van der Waals surface area contributed by atoms with Gasteiger partial charge in [-0.25, -0.2) is 8.78 Å². The molecule has 0 N–H and O–H groups in total. The van der Waals surface area contributed by atoms with Crippen LogP contribution in [-0.2, 0) is 0 Å². The van der Waals surface area contributed by atoms with Gasteiger partial charge in [0, 0.05) is 0 Å². The highest BCUT2D eigenvalue weighted by atomic mass is 19.4. The summed E-state index contributed by atoms with van der Waals surface area (Å²) in [7, 11) is 8.50. The summed E-state index contributed by atoms with van der Waals surface area (Å²) in [6.45, 7) is 0. The van der Waals surface area contributed by atoms with Crippen molar-refractivity contribution in [3.8, 4) is 0 Å². The summed E-state index contributed by atoms with van der Waals surface area (Å²) in [5.74, 6) is -14.1. The molecule has 0 aliphatic carbocycles. The van der Waals surface area contributed by atoms with Gasteiger partial charge in [0.15, 0.2) is 0 Å². The lowest BCUT2D eigenvalue weighted by molar-refractivity contribution is -0.849. The fraction of sp³-hybridized carbons (Fsp3) is 1.00. The number of hydrogen-bond acceptors (Lipinski definition) is 1. The quantitative estimate of drug-likeness (QED) is 0.566. The van der Waals surface area contributed by atoms with Crippen LogP contribution in [0.25, 0.3) is 0 Å². The predicted octanol–water partition coefficient (Wildman–Crippen LogP) is 2.09. The Morgan fingerprint density at radius 2 is 0.842 bits per heavy atom. The van der Waals surface area contributed by atoms with Crippen LogP contribution < -0.4 is 5.11 Å². The molecule has 0 fully saturated rings. The summed E-state index contributed by atoms with van der Waals surface area (Å²) < 4.78 is 104. The van der Waals surface area contributed by atoms with Crippen molar-refractivity contribution >= 4 is 0 Å². The Morgan fingerprint density at radius 1 is 0.632 bits per heavy atom. The molecule has 0 aliphatic rings. The van der Waals surface area contributed by atoms with E-state index in [4.69, 9.17) is 5.11 Å². The van der Waals surface area contributed by atoms with Crippen LogP contribution >= 0.6 is 0 Å². The van der Waals surface area contributed by atoms with E-state index < -0.39 is 24.1 Å². The number of halogens is 9. The Morgan fingerprint density at radius 3 is 0.895 bits per heavy atom. The number of alkyl halides is 9. The molecule has 118 valence electrons. The Kier molecular flexibility index (Phi) is 5.80. The fourth-order valence-electron chi connectivity index (χ4n) is 0.361. The first-order valence-corrected chi connectivity index (χ1v) is 4.44. The number of hydrogen-bond donors (Lipinski definition) is 0. The zero-order valence-electron chi connectivity index (χ0n) is 10.3. The van der Waals surface area contributed by atoms with Crippen molar-refractivity contribution in [2.45, 2.75) is 24.1 Å². The molecule has 0 heterocycles. The minimum Gasteiger partial charge on any atom is -0.793 e. The summed E-state index contributed by atoms with van der Waals surface area (Å²) in [5.41, 5.74) is 0. The molecule has 11 heteroatoms. The maximum atomic E-state index is 11.7. The molecule has 0 saturated heterocycles. The van der Waals surface area contributed by atoms with Gasteiger partial charge in [-0.3, -0.25) is 0 Å². The van der Waals surface area contributed by atoms with Crippen molar-refractivity contribution < 1.29 is 49.1 Å². The van der Waals surface area contributed by atoms with Gasteiger partial charge in [-0.15, -0.1) is 0 Å². The van der Waals surface area contributed by atoms with E-state index in [9.17, 15) is 39.5 Å². The van der Waals surface area contributed by atoms with Crippen LogP contribution in [-0.4, -0.2) is 56.8 Å². The normalized spacial score (nSPS) is 14.8. The summed E-state index contributed by atoms with van der Waals surface area (Å²) in [6.07, 6.45) is -13.6. The first-order chi connectivity index (χ1) is 7.75. The standard InChI is InChI=1S/C4F9O.C4H12N/c5-1(6,3(9,10)11)2(7,8)4(12,13)14;1-5(2,3)4/h;1-4H3/q-1;+1. The van der Waals surface area contributed by atoms with Crippen LogP contribution in [0, 0.1) is 0 Å². The highest BCUT2D eigenvalue weighted by Gasteiger charge is 2.78. The van der Waals surface area contributed by atoms with Crippen LogP contribution in [0.2, 0.25) is 0 Å². The van der Waals surface area contributed by atoms with E-state index in [2.05, 4.69) is 28.2 Å². The monoisotopic (exact) mass is 309 g/mol. The van der Waals surface area contributed by atoms with Gasteiger partial charge in [0.2, 0.25) is 0 Å². The Labute approximate surface area is 103 Å². The van der Waals surface area contributed by atoms with Crippen molar-refractivity contribution in [3.05, 3.63) is 0 Å². The molecule has 19 heavy (non-hydrogen) atoms. The number of rotatable bonds is 2. The number of quaternary nitrogens is 1. The van der Waals surface area contributed by atoms with Crippen LogP contribution in [0.1, 0.15) is 0 Å². The molecular weight excluding hydrogens is 297 g/mol. The Balaban J connectivity index is 0. The minimum atomic E-state index is -7.08. The second-order valence-electron chi connectivity index (χ2n) is 4.85. The van der Waals surface area contributed by atoms with Crippen LogP contribution in [0.5, 0.6) is 0 Å². The summed E-state index contributed by atoms with van der Waals surface area (Å²) in [4.78, 5) is 0. The summed E-state index contributed by atoms with van der Waals surface area (Å²) in [6, 6.07) is 0. The minimum absolute atomic E-state index is 1.00. The van der Waals surface area contributed by atoms with E-state index in [-0.39, 0.29) is 0 Å². The third-order valence-corrected chi connectivity index (χ3v) is 1.12. The molecule has 0 aromatic rings. The van der Waals surface area contributed by atoms with E-state index >= 15 is 0 Å². The van der Waals surface area contributed by atoms with Gasteiger partial charge in [0.1, 0.15) is 0 Å². The zero-order chi connectivity index (χ0) is 16.5. The van der Waals surface area contributed by atoms with Crippen molar-refractivity contribution in [2.75, 3.05) is 28.2 Å². The fourth-order valence-corrected chi connectivity index (χ4v) is 0.361. The Hall–Kier alpha value is -0.710. The lowest BCUT2D eigenvalue weighted by atomic mass is 10.1.